The van der Waals surface area contributed by atoms with Crippen LogP contribution in [0.1, 0.15) is 26.6 Å². The molecule has 2 heterocycles. The van der Waals surface area contributed by atoms with Crippen LogP contribution >= 0.6 is 22.9 Å². The van der Waals surface area contributed by atoms with Gasteiger partial charge in [0.15, 0.2) is 15.8 Å². The van der Waals surface area contributed by atoms with Crippen LogP contribution in [0.4, 0.5) is 4.39 Å². The number of primary amides is 1. The number of aromatic nitrogens is 3. The summed E-state index contributed by atoms with van der Waals surface area (Å²) in [7, 11) is 1.36. The third kappa shape index (κ3) is 4.91. The van der Waals surface area contributed by atoms with Gasteiger partial charge in [0, 0.05) is 16.3 Å². The highest BCUT2D eigenvalue weighted by Crippen LogP contribution is 2.40. The van der Waals surface area contributed by atoms with Gasteiger partial charge in [-0.2, -0.15) is 5.26 Å². The maximum absolute atomic E-state index is 15.3. The number of ether oxygens (including phenoxy) is 2. The first-order valence-electron chi connectivity index (χ1n) is 10.1. The summed E-state index contributed by atoms with van der Waals surface area (Å²) in [6, 6.07) is 12.9. The van der Waals surface area contributed by atoms with Gasteiger partial charge in [-0.05, 0) is 49.4 Å². The number of hydrogen-bond donors (Lipinski definition) is 1. The number of pyridine rings is 1. The number of halogens is 2. The van der Waals surface area contributed by atoms with Crippen LogP contribution in [0.5, 0.6) is 11.5 Å². The van der Waals surface area contributed by atoms with Gasteiger partial charge in [0.2, 0.25) is 0 Å². The molecule has 4 aromatic rings. The van der Waals surface area contributed by atoms with Gasteiger partial charge in [-0.15, -0.1) is 10.2 Å². The number of nitrogens with two attached hydrogens (primary N) is 1. The van der Waals surface area contributed by atoms with Crippen molar-refractivity contribution in [3.63, 3.8) is 0 Å². The van der Waals surface area contributed by atoms with Crippen LogP contribution in [-0.2, 0) is 6.61 Å². The molecule has 176 valence electrons. The lowest BCUT2D eigenvalue weighted by molar-refractivity contribution is 0.100. The molecule has 1 amide bonds. The van der Waals surface area contributed by atoms with Crippen molar-refractivity contribution in [1.82, 2.24) is 15.2 Å². The van der Waals surface area contributed by atoms with Crippen molar-refractivity contribution >= 4 is 28.8 Å². The van der Waals surface area contributed by atoms with Gasteiger partial charge < -0.3 is 15.2 Å². The average Bonchev–Trinajstić information content (AvgIpc) is 3.31. The molecule has 0 aliphatic rings. The zero-order chi connectivity index (χ0) is 25.1. The molecule has 0 unspecified atom stereocenters. The van der Waals surface area contributed by atoms with E-state index in [2.05, 4.69) is 15.2 Å². The molecule has 2 aromatic heterocycles. The van der Waals surface area contributed by atoms with Crippen LogP contribution in [0, 0.1) is 24.1 Å². The number of methoxy groups -OCH3 is 1. The molecule has 0 saturated carbocycles. The minimum absolute atomic E-state index is 0.0655. The molecule has 11 heteroatoms. The Bertz CT molecular complexity index is 1470. The first kappa shape index (κ1) is 24.1. The second-order valence-electron chi connectivity index (χ2n) is 7.26. The van der Waals surface area contributed by atoms with E-state index in [-0.39, 0.29) is 40.3 Å². The Balaban J connectivity index is 1.79. The van der Waals surface area contributed by atoms with E-state index in [9.17, 15) is 10.1 Å². The predicted octanol–water partition coefficient (Wildman–Crippen LogP) is 4.93. The first-order valence-corrected chi connectivity index (χ1v) is 11.3. The van der Waals surface area contributed by atoms with E-state index in [1.807, 2.05) is 0 Å². The van der Waals surface area contributed by atoms with E-state index in [0.29, 0.717) is 26.5 Å². The first-order chi connectivity index (χ1) is 16.8. The Kier molecular flexibility index (Phi) is 6.91. The molecule has 35 heavy (non-hydrogen) atoms. The summed E-state index contributed by atoms with van der Waals surface area (Å²) in [5.41, 5.74) is 6.14. The summed E-state index contributed by atoms with van der Waals surface area (Å²) in [5.74, 6) is -0.949. The van der Waals surface area contributed by atoms with Gasteiger partial charge in [0.25, 0.3) is 5.91 Å². The molecule has 2 aromatic carbocycles. The summed E-state index contributed by atoms with van der Waals surface area (Å²) < 4.78 is 26.3. The predicted molar refractivity (Wildman–Crippen MR) is 129 cm³/mol. The SMILES string of the molecule is COc1ccc(C#N)c(F)c1-c1cc(C)nc(-c2nnc(COc3ccc(Cl)cc3)s2)c1C(N)=O. The van der Waals surface area contributed by atoms with E-state index in [0.717, 1.165) is 11.3 Å². The number of nitrogens with zero attached hydrogens (tertiary/aromatic N) is 4. The number of amides is 1. The highest BCUT2D eigenvalue weighted by molar-refractivity contribution is 7.14. The summed E-state index contributed by atoms with van der Waals surface area (Å²) in [5, 5.41) is 19.0. The van der Waals surface area contributed by atoms with Crippen molar-refractivity contribution in [2.45, 2.75) is 13.5 Å². The number of carbonyl (C=O) groups is 1. The van der Waals surface area contributed by atoms with Crippen LogP contribution in [0.3, 0.4) is 0 Å². The number of hydrogen-bond acceptors (Lipinski definition) is 8. The molecule has 8 nitrogen and oxygen atoms in total. The quantitative estimate of drug-likeness (QED) is 0.374. The van der Waals surface area contributed by atoms with E-state index >= 15 is 4.39 Å². The number of carbonyl (C=O) groups excluding carboxylic acids is 1. The van der Waals surface area contributed by atoms with Gasteiger partial charge in [0.05, 0.1) is 23.8 Å². The van der Waals surface area contributed by atoms with Crippen molar-refractivity contribution < 1.29 is 18.7 Å². The Labute approximate surface area is 208 Å². The fourth-order valence-corrected chi connectivity index (χ4v) is 4.30. The summed E-state index contributed by atoms with van der Waals surface area (Å²) >= 11 is 7.04. The van der Waals surface area contributed by atoms with Crippen molar-refractivity contribution in [3.8, 4) is 39.4 Å². The lowest BCUT2D eigenvalue weighted by Crippen LogP contribution is -2.16. The smallest absolute Gasteiger partial charge is 0.251 e. The standard InChI is InChI=1S/C24H17ClFN5O3S/c1-12-9-16(19-17(33-2)8-3-13(10-27)21(19)26)20(23(28)32)22(29-12)24-31-30-18(35-24)11-34-15-6-4-14(25)5-7-15/h3-9H,11H2,1-2H3,(H2,28,32). The lowest BCUT2D eigenvalue weighted by Gasteiger charge is -2.16. The highest BCUT2D eigenvalue weighted by Gasteiger charge is 2.26. The third-order valence-corrected chi connectivity index (χ3v) is 6.11. The molecule has 0 fully saturated rings. The van der Waals surface area contributed by atoms with Crippen molar-refractivity contribution in [2.75, 3.05) is 7.11 Å². The molecule has 0 bridgehead atoms. The topological polar surface area (TPSA) is 124 Å². The van der Waals surface area contributed by atoms with E-state index in [4.69, 9.17) is 26.8 Å². The molecule has 4 rings (SSSR count). The number of aryl methyl sites for hydroxylation is 1. The van der Waals surface area contributed by atoms with E-state index < -0.39 is 11.7 Å². The van der Waals surface area contributed by atoms with Gasteiger partial charge in [-0.1, -0.05) is 22.9 Å². The largest absolute Gasteiger partial charge is 0.496 e. The molecule has 0 saturated heterocycles. The fraction of sp³-hybridized carbons (Fsp3) is 0.125. The molecule has 0 atom stereocenters. The zero-order valence-electron chi connectivity index (χ0n) is 18.5. The van der Waals surface area contributed by atoms with E-state index in [1.54, 1.807) is 37.3 Å². The van der Waals surface area contributed by atoms with Gasteiger partial charge in [-0.25, -0.2) is 9.37 Å². The fourth-order valence-electron chi connectivity index (χ4n) is 3.42. The number of nitriles is 1. The minimum Gasteiger partial charge on any atom is -0.496 e. The maximum Gasteiger partial charge on any atom is 0.251 e. The average molecular weight is 510 g/mol. The molecule has 0 aliphatic heterocycles. The third-order valence-electron chi connectivity index (χ3n) is 4.95. The summed E-state index contributed by atoms with van der Waals surface area (Å²) in [6.07, 6.45) is 0. The van der Waals surface area contributed by atoms with Crippen molar-refractivity contribution in [2.24, 2.45) is 5.73 Å². The summed E-state index contributed by atoms with van der Waals surface area (Å²) in [4.78, 5) is 17.0. The van der Waals surface area contributed by atoms with Gasteiger partial charge >= 0.3 is 0 Å². The lowest BCUT2D eigenvalue weighted by atomic mass is 9.94. The van der Waals surface area contributed by atoms with Crippen LogP contribution in [0.25, 0.3) is 21.8 Å². The molecular weight excluding hydrogens is 493 g/mol. The Morgan fingerprint density at radius 2 is 1.97 bits per heavy atom. The van der Waals surface area contributed by atoms with E-state index in [1.165, 1.54) is 25.3 Å². The molecule has 2 N–H and O–H groups in total. The second kappa shape index (κ2) is 10.0. The number of benzene rings is 2. The molecular formula is C24H17ClFN5O3S. The molecule has 0 spiro atoms. The van der Waals surface area contributed by atoms with Crippen LogP contribution in [0.2, 0.25) is 5.02 Å². The van der Waals surface area contributed by atoms with Gasteiger partial charge in [0.1, 0.15) is 29.9 Å². The minimum atomic E-state index is -0.847. The maximum atomic E-state index is 15.3. The highest BCUT2D eigenvalue weighted by atomic mass is 35.5. The normalized spacial score (nSPS) is 10.6. The van der Waals surface area contributed by atoms with Crippen molar-refractivity contribution in [1.29, 1.82) is 5.26 Å². The van der Waals surface area contributed by atoms with Crippen molar-refractivity contribution in [3.05, 3.63) is 75.1 Å². The molecule has 0 aliphatic carbocycles. The molecule has 0 radical (unpaired) electrons. The summed E-state index contributed by atoms with van der Waals surface area (Å²) in [6.45, 7) is 1.80. The monoisotopic (exact) mass is 509 g/mol. The number of rotatable bonds is 7. The van der Waals surface area contributed by atoms with Gasteiger partial charge in [-0.3, -0.25) is 4.79 Å². The second-order valence-corrected chi connectivity index (χ2v) is 8.76. The van der Waals surface area contributed by atoms with Crippen LogP contribution in [0.15, 0.2) is 42.5 Å². The Morgan fingerprint density at radius 3 is 2.63 bits per heavy atom. The zero-order valence-corrected chi connectivity index (χ0v) is 20.1. The van der Waals surface area contributed by atoms with Crippen LogP contribution < -0.4 is 15.2 Å². The Morgan fingerprint density at radius 1 is 1.23 bits per heavy atom. The van der Waals surface area contributed by atoms with Crippen LogP contribution in [-0.4, -0.2) is 28.2 Å². The Hall–Kier alpha value is -4.07.